The van der Waals surface area contributed by atoms with Crippen LogP contribution in [0.1, 0.15) is 30.7 Å². The third-order valence-electron chi connectivity index (χ3n) is 5.65. The minimum atomic E-state index is -4.11. The number of hydrogen-bond donors (Lipinski definition) is 3. The van der Waals surface area contributed by atoms with Crippen LogP contribution in [0, 0.1) is 11.6 Å². The Morgan fingerprint density at radius 1 is 1.35 bits per heavy atom. The molecule has 2 aliphatic rings. The molecule has 0 saturated carbocycles. The van der Waals surface area contributed by atoms with Crippen molar-refractivity contribution in [2.24, 2.45) is 0 Å². The Morgan fingerprint density at radius 3 is 3.00 bits per heavy atom. The summed E-state index contributed by atoms with van der Waals surface area (Å²) in [6, 6.07) is 4.43. The molecule has 2 fully saturated rings. The van der Waals surface area contributed by atoms with Gasteiger partial charge in [-0.15, -0.1) is 0 Å². The van der Waals surface area contributed by atoms with Crippen LogP contribution in [0.5, 0.6) is 0 Å². The van der Waals surface area contributed by atoms with E-state index >= 15 is 0 Å². The number of halogens is 2. The third kappa shape index (κ3) is 4.38. The number of ether oxygens (including phenoxy) is 1. The molecule has 2 aliphatic heterocycles. The van der Waals surface area contributed by atoms with E-state index in [1.165, 1.54) is 16.8 Å². The van der Waals surface area contributed by atoms with Crippen molar-refractivity contribution in [3.8, 4) is 0 Å². The number of phosphoric ester groups is 1. The van der Waals surface area contributed by atoms with Crippen molar-refractivity contribution in [3.63, 3.8) is 0 Å². The SMILES string of the molecule is Nc1nc2c(ccn2[C@@H]2O[C@H](COP3(=O)OCC[C@@H](c4cc(F)ccc4F)O3)C[C@H]2O)c(=O)[nH]1. The number of anilines is 1. The van der Waals surface area contributed by atoms with E-state index in [-0.39, 0.29) is 48.6 Å². The van der Waals surface area contributed by atoms with Crippen LogP contribution in [0.4, 0.5) is 14.7 Å². The van der Waals surface area contributed by atoms with E-state index in [4.69, 9.17) is 24.0 Å². The number of nitrogen functional groups attached to an aromatic ring is 1. The van der Waals surface area contributed by atoms with Crippen LogP contribution in [-0.2, 0) is 22.9 Å². The summed E-state index contributed by atoms with van der Waals surface area (Å²) in [7, 11) is -4.11. The van der Waals surface area contributed by atoms with Crippen molar-refractivity contribution in [3.05, 3.63) is 58.0 Å². The minimum absolute atomic E-state index is 0.0499. The summed E-state index contributed by atoms with van der Waals surface area (Å²) >= 11 is 0. The van der Waals surface area contributed by atoms with Gasteiger partial charge in [0.05, 0.1) is 30.8 Å². The number of aliphatic hydroxyl groups excluding tert-OH is 1. The molecular formula is C20H21F2N4O7P. The maximum absolute atomic E-state index is 14.1. The van der Waals surface area contributed by atoms with Crippen LogP contribution in [0.15, 0.2) is 35.3 Å². The summed E-state index contributed by atoms with van der Waals surface area (Å²) in [5.74, 6) is -1.44. The molecule has 0 amide bonds. The van der Waals surface area contributed by atoms with Crippen molar-refractivity contribution >= 4 is 24.8 Å². The zero-order valence-electron chi connectivity index (χ0n) is 17.6. The Bertz CT molecular complexity index is 1330. The van der Waals surface area contributed by atoms with Gasteiger partial charge in [-0.05, 0) is 24.3 Å². The normalized spacial score (nSPS) is 29.6. The number of rotatable bonds is 5. The zero-order valence-corrected chi connectivity index (χ0v) is 18.5. The van der Waals surface area contributed by atoms with Gasteiger partial charge < -0.3 is 20.1 Å². The van der Waals surface area contributed by atoms with E-state index in [2.05, 4.69) is 9.97 Å². The van der Waals surface area contributed by atoms with Gasteiger partial charge in [0.1, 0.15) is 17.7 Å². The number of fused-ring (bicyclic) bond motifs is 1. The topological polar surface area (TPSA) is 151 Å². The fourth-order valence-electron chi connectivity index (χ4n) is 4.08. The van der Waals surface area contributed by atoms with Crippen molar-refractivity contribution in [2.75, 3.05) is 18.9 Å². The van der Waals surface area contributed by atoms with Crippen LogP contribution in [0.25, 0.3) is 11.0 Å². The van der Waals surface area contributed by atoms with Crippen LogP contribution in [0.3, 0.4) is 0 Å². The number of H-pyrrole nitrogens is 1. The molecule has 0 aliphatic carbocycles. The number of aromatic amines is 1. The number of nitrogens with two attached hydrogens (primary N) is 1. The predicted octanol–water partition coefficient (Wildman–Crippen LogP) is 2.54. The van der Waals surface area contributed by atoms with Crippen molar-refractivity contribution in [1.29, 1.82) is 0 Å². The number of nitrogens with zero attached hydrogens (tertiary/aromatic N) is 2. The lowest BCUT2D eigenvalue weighted by Crippen LogP contribution is -2.21. The molecule has 4 heterocycles. The van der Waals surface area contributed by atoms with E-state index in [1.54, 1.807) is 0 Å². The second kappa shape index (κ2) is 8.84. The molecule has 11 nitrogen and oxygen atoms in total. The summed E-state index contributed by atoms with van der Waals surface area (Å²) in [5.41, 5.74) is 5.35. The number of aromatic nitrogens is 3. The summed E-state index contributed by atoms with van der Waals surface area (Å²) < 4.78 is 63.9. The zero-order chi connectivity index (χ0) is 24.0. The average Bonchev–Trinajstić information content (AvgIpc) is 3.37. The molecule has 182 valence electrons. The van der Waals surface area contributed by atoms with Crippen LogP contribution >= 0.6 is 7.82 Å². The van der Waals surface area contributed by atoms with E-state index in [0.29, 0.717) is 0 Å². The van der Waals surface area contributed by atoms with Crippen molar-refractivity contribution < 1.29 is 36.8 Å². The highest BCUT2D eigenvalue weighted by Gasteiger charge is 2.41. The first-order valence-electron chi connectivity index (χ1n) is 10.4. The lowest BCUT2D eigenvalue weighted by molar-refractivity contribution is -0.0542. The van der Waals surface area contributed by atoms with E-state index in [1.807, 2.05) is 0 Å². The summed E-state index contributed by atoms with van der Waals surface area (Å²) in [6.07, 6.45) is -1.80. The first-order chi connectivity index (χ1) is 16.2. The molecule has 2 saturated heterocycles. The van der Waals surface area contributed by atoms with Gasteiger partial charge in [0.2, 0.25) is 5.95 Å². The van der Waals surface area contributed by atoms with Crippen molar-refractivity contribution in [2.45, 2.75) is 37.4 Å². The first-order valence-corrected chi connectivity index (χ1v) is 11.9. The average molecular weight is 498 g/mol. The maximum atomic E-state index is 14.1. The largest absolute Gasteiger partial charge is 0.475 e. The van der Waals surface area contributed by atoms with Gasteiger partial charge in [-0.2, -0.15) is 4.98 Å². The molecule has 14 heteroatoms. The second-order valence-corrected chi connectivity index (χ2v) is 9.61. The molecule has 0 bridgehead atoms. The smallest absolute Gasteiger partial charge is 0.388 e. The molecule has 4 N–H and O–H groups in total. The fraction of sp³-hybridized carbons (Fsp3) is 0.400. The first kappa shape index (κ1) is 23.1. The van der Waals surface area contributed by atoms with Crippen LogP contribution in [0.2, 0.25) is 0 Å². The Labute approximate surface area is 191 Å². The molecule has 1 aromatic carbocycles. The van der Waals surface area contributed by atoms with Gasteiger partial charge in [0.15, 0.2) is 11.9 Å². The second-order valence-electron chi connectivity index (χ2n) is 7.99. The molecule has 3 aromatic rings. The number of benzene rings is 1. The van der Waals surface area contributed by atoms with E-state index < -0.39 is 49.6 Å². The monoisotopic (exact) mass is 498 g/mol. The van der Waals surface area contributed by atoms with Gasteiger partial charge in [-0.1, -0.05) is 0 Å². The van der Waals surface area contributed by atoms with Gasteiger partial charge in [0, 0.05) is 24.6 Å². The molecule has 0 spiro atoms. The van der Waals surface area contributed by atoms with Gasteiger partial charge in [-0.25, -0.2) is 13.3 Å². The van der Waals surface area contributed by atoms with E-state index in [9.17, 15) is 23.2 Å². The maximum Gasteiger partial charge on any atom is 0.475 e. The number of aliphatic hydroxyl groups is 1. The van der Waals surface area contributed by atoms with Gasteiger partial charge >= 0.3 is 7.82 Å². The number of nitrogens with one attached hydrogen (secondary N) is 1. The molecule has 34 heavy (non-hydrogen) atoms. The molecule has 0 radical (unpaired) electrons. The Morgan fingerprint density at radius 2 is 2.18 bits per heavy atom. The fourth-order valence-corrected chi connectivity index (χ4v) is 5.48. The summed E-state index contributed by atoms with van der Waals surface area (Å²) in [4.78, 5) is 18.5. The van der Waals surface area contributed by atoms with Gasteiger partial charge in [-0.3, -0.25) is 23.3 Å². The number of hydrogen-bond acceptors (Lipinski definition) is 9. The Balaban J connectivity index is 1.27. The quantitative estimate of drug-likeness (QED) is 0.451. The molecule has 5 rings (SSSR count). The highest BCUT2D eigenvalue weighted by molar-refractivity contribution is 7.48. The number of phosphoric acid groups is 1. The van der Waals surface area contributed by atoms with Gasteiger partial charge in [0.25, 0.3) is 5.56 Å². The standard InChI is InChI=1S/C20H21F2N4O7P/c21-10-1-2-14(22)13(7-10)16-4-6-30-34(29,33-16)31-9-11-8-15(27)19(32-11)26-5-3-12-17(26)24-20(23)25-18(12)28/h1-3,5,7,11,15-16,19,27H,4,6,8-9H2,(H3,23,24,25,28)/t11-,15+,16-,19+,34?/m0/s1. The van der Waals surface area contributed by atoms with E-state index in [0.717, 1.165) is 18.2 Å². The van der Waals surface area contributed by atoms with Crippen LogP contribution in [-0.4, -0.2) is 45.1 Å². The molecular weight excluding hydrogens is 477 g/mol. The highest BCUT2D eigenvalue weighted by Crippen LogP contribution is 2.57. The molecule has 5 atom stereocenters. The predicted molar refractivity (Wildman–Crippen MR) is 114 cm³/mol. The summed E-state index contributed by atoms with van der Waals surface area (Å²) in [5, 5.41) is 10.8. The molecule has 1 unspecified atom stereocenters. The Kier molecular flexibility index (Phi) is 6.00. The lowest BCUT2D eigenvalue weighted by Gasteiger charge is -2.29. The highest BCUT2D eigenvalue weighted by atomic mass is 31.2. The lowest BCUT2D eigenvalue weighted by atomic mass is 10.1. The minimum Gasteiger partial charge on any atom is -0.388 e. The third-order valence-corrected chi connectivity index (χ3v) is 7.13. The summed E-state index contributed by atoms with van der Waals surface area (Å²) in [6.45, 7) is -0.315. The van der Waals surface area contributed by atoms with Crippen molar-refractivity contribution in [1.82, 2.24) is 14.5 Å². The Hall–Kier alpha value is -2.67. The molecule has 2 aromatic heterocycles. The van der Waals surface area contributed by atoms with Crippen LogP contribution < -0.4 is 11.3 Å².